The number of rotatable bonds is 9. The lowest BCUT2D eigenvalue weighted by Crippen LogP contribution is -2.40. The maximum absolute atomic E-state index is 13.8. The van der Waals surface area contributed by atoms with Crippen molar-refractivity contribution in [2.24, 2.45) is 0 Å². The molecule has 0 aliphatic rings. The summed E-state index contributed by atoms with van der Waals surface area (Å²) in [7, 11) is 5.18. The molecule has 2 heterocycles. The summed E-state index contributed by atoms with van der Waals surface area (Å²) in [5.74, 6) is 0.444. The molecule has 0 saturated heterocycles. The Morgan fingerprint density at radius 1 is 1.19 bits per heavy atom. The molecule has 4 aromatic rings. The highest BCUT2D eigenvalue weighted by Gasteiger charge is 2.28. The van der Waals surface area contributed by atoms with Crippen LogP contribution in [0.15, 0.2) is 61.1 Å². The normalized spacial score (nSPS) is 12.5. The summed E-state index contributed by atoms with van der Waals surface area (Å²) in [6, 6.07) is 12.7. The molecular formula is C27H31ClN5O3+. The molecular weight excluding hydrogens is 478 g/mol. The summed E-state index contributed by atoms with van der Waals surface area (Å²) in [5, 5.41) is 19.0. The Morgan fingerprint density at radius 2 is 2.00 bits per heavy atom. The number of fused-ring (bicyclic) bond motifs is 1. The fraction of sp³-hybridized carbons (Fsp3) is 0.296. The minimum Gasteiger partial charge on any atom is -0.493 e. The van der Waals surface area contributed by atoms with Gasteiger partial charge in [-0.05, 0) is 42.8 Å². The van der Waals surface area contributed by atoms with Crippen LogP contribution < -0.4 is 4.74 Å². The molecule has 0 spiro atoms. The second-order valence-corrected chi connectivity index (χ2v) is 9.72. The molecule has 0 fully saturated rings. The molecule has 8 nitrogen and oxygen atoms in total. The first-order valence-corrected chi connectivity index (χ1v) is 12.2. The number of aromatic amines is 1. The highest BCUT2D eigenvalue weighted by molar-refractivity contribution is 6.30. The zero-order valence-corrected chi connectivity index (χ0v) is 21.7. The van der Waals surface area contributed by atoms with Gasteiger partial charge < -0.3 is 9.64 Å². The fourth-order valence-electron chi connectivity index (χ4n) is 4.31. The van der Waals surface area contributed by atoms with Gasteiger partial charge in [-0.1, -0.05) is 23.7 Å². The molecule has 0 aliphatic heterocycles. The Bertz CT molecular complexity index is 1370. The topological polar surface area (TPSA) is 91.3 Å². The van der Waals surface area contributed by atoms with Gasteiger partial charge >= 0.3 is 0 Å². The summed E-state index contributed by atoms with van der Waals surface area (Å²) < 4.78 is 5.70. The van der Waals surface area contributed by atoms with Crippen molar-refractivity contribution in [1.82, 2.24) is 20.1 Å². The fourth-order valence-corrected chi connectivity index (χ4v) is 4.50. The van der Waals surface area contributed by atoms with Gasteiger partial charge in [-0.25, -0.2) is 5.21 Å². The van der Waals surface area contributed by atoms with Crippen LogP contribution in [-0.4, -0.2) is 70.1 Å². The number of aromatic nitrogens is 3. The van der Waals surface area contributed by atoms with E-state index in [2.05, 4.69) is 15.2 Å². The van der Waals surface area contributed by atoms with Crippen LogP contribution in [0.4, 0.5) is 0 Å². The number of hydroxylamine groups is 3. The van der Waals surface area contributed by atoms with Gasteiger partial charge in [0.15, 0.2) is 0 Å². The van der Waals surface area contributed by atoms with Crippen molar-refractivity contribution in [2.75, 3.05) is 34.3 Å². The number of nitrogens with one attached hydrogen (secondary N) is 1. The van der Waals surface area contributed by atoms with Crippen molar-refractivity contribution < 1.29 is 19.4 Å². The van der Waals surface area contributed by atoms with Gasteiger partial charge in [-0.3, -0.25) is 14.9 Å². The third-order valence-electron chi connectivity index (χ3n) is 6.15. The first-order valence-electron chi connectivity index (χ1n) is 11.8. The molecule has 188 valence electrons. The molecule has 0 aliphatic carbocycles. The Balaban J connectivity index is 1.71. The maximum atomic E-state index is 13.8. The number of pyridine rings is 1. The molecule has 2 aromatic carbocycles. The van der Waals surface area contributed by atoms with Crippen LogP contribution in [-0.2, 0) is 0 Å². The lowest BCUT2D eigenvalue weighted by atomic mass is 9.99. The number of quaternary nitrogens is 1. The summed E-state index contributed by atoms with van der Waals surface area (Å²) in [6.45, 7) is 2.80. The van der Waals surface area contributed by atoms with E-state index >= 15 is 0 Å². The quantitative estimate of drug-likeness (QED) is 0.235. The van der Waals surface area contributed by atoms with Crippen LogP contribution in [0.3, 0.4) is 0 Å². The number of hydrogen-bond acceptors (Lipinski definition) is 5. The standard InChI is InChI=1S/C27H31ClN5O3/c1-5-36-25-14-19(9-10-22(25)18-7-6-8-21(28)13-18)27(34)32(2)24(11-12-33(3,4)35)23-17-29-15-20-16-30-31-26(20)23/h6-10,13-17,24,35H,5,11-12H2,1-4H3,(H,30,31)/q+1/t24-/m1/s1. The number of carbonyl (C=O) groups excluding carboxylic acids is 1. The number of halogens is 1. The monoisotopic (exact) mass is 508 g/mol. The predicted octanol–water partition coefficient (Wildman–Crippen LogP) is 5.35. The van der Waals surface area contributed by atoms with Gasteiger partial charge in [0.25, 0.3) is 5.91 Å². The Morgan fingerprint density at radius 3 is 2.72 bits per heavy atom. The van der Waals surface area contributed by atoms with Crippen molar-refractivity contribution in [2.45, 2.75) is 19.4 Å². The van der Waals surface area contributed by atoms with Crippen LogP contribution in [0.25, 0.3) is 22.0 Å². The van der Waals surface area contributed by atoms with Crippen LogP contribution in [0.5, 0.6) is 5.75 Å². The Labute approximate surface area is 215 Å². The molecule has 0 radical (unpaired) electrons. The molecule has 1 atom stereocenters. The molecule has 36 heavy (non-hydrogen) atoms. The van der Waals surface area contributed by atoms with E-state index in [0.717, 1.165) is 27.6 Å². The van der Waals surface area contributed by atoms with Gasteiger partial charge in [-0.2, -0.15) is 9.75 Å². The van der Waals surface area contributed by atoms with E-state index < -0.39 is 0 Å². The summed E-state index contributed by atoms with van der Waals surface area (Å²) >= 11 is 6.20. The number of benzene rings is 2. The van der Waals surface area contributed by atoms with E-state index in [1.165, 1.54) is 0 Å². The average molecular weight is 509 g/mol. The van der Waals surface area contributed by atoms with E-state index in [0.29, 0.717) is 35.9 Å². The van der Waals surface area contributed by atoms with Crippen molar-refractivity contribution in [3.63, 3.8) is 0 Å². The third kappa shape index (κ3) is 5.67. The number of ether oxygens (including phenoxy) is 1. The van der Waals surface area contributed by atoms with Crippen LogP contribution in [0, 0.1) is 0 Å². The van der Waals surface area contributed by atoms with E-state index in [-0.39, 0.29) is 16.6 Å². The molecule has 2 N–H and O–H groups in total. The SMILES string of the molecule is CCOc1cc(C(=O)N(C)[C@H](CC[N+](C)(C)O)c2cncc3cn[nH]c23)ccc1-c1cccc(Cl)c1. The number of nitrogens with zero attached hydrogens (tertiary/aromatic N) is 4. The lowest BCUT2D eigenvalue weighted by Gasteiger charge is -2.31. The molecule has 2 aromatic heterocycles. The first-order chi connectivity index (χ1) is 17.2. The molecule has 4 rings (SSSR count). The Hall–Kier alpha value is -3.46. The van der Waals surface area contributed by atoms with Crippen LogP contribution >= 0.6 is 11.6 Å². The molecule has 0 unspecified atom stereocenters. The molecule has 1 amide bonds. The van der Waals surface area contributed by atoms with Gasteiger partial charge in [0.2, 0.25) is 0 Å². The molecule has 0 saturated carbocycles. The van der Waals surface area contributed by atoms with E-state index in [1.54, 1.807) is 56.8 Å². The number of H-pyrrole nitrogens is 1. The number of carbonyl (C=O) groups is 1. The lowest BCUT2D eigenvalue weighted by molar-refractivity contribution is -1.07. The van der Waals surface area contributed by atoms with Gasteiger partial charge in [0, 0.05) is 53.0 Å². The van der Waals surface area contributed by atoms with E-state index in [9.17, 15) is 10.0 Å². The maximum Gasteiger partial charge on any atom is 0.254 e. The van der Waals surface area contributed by atoms with Crippen molar-refractivity contribution in [3.05, 3.63) is 77.2 Å². The molecule has 9 heteroatoms. The Kier molecular flexibility index (Phi) is 7.59. The second kappa shape index (κ2) is 10.7. The van der Waals surface area contributed by atoms with Crippen molar-refractivity contribution in [1.29, 1.82) is 0 Å². The van der Waals surface area contributed by atoms with Gasteiger partial charge in [-0.15, -0.1) is 0 Å². The predicted molar refractivity (Wildman–Crippen MR) is 140 cm³/mol. The second-order valence-electron chi connectivity index (χ2n) is 9.28. The van der Waals surface area contributed by atoms with Crippen molar-refractivity contribution >= 4 is 28.4 Å². The summed E-state index contributed by atoms with van der Waals surface area (Å²) in [5.41, 5.74) is 3.94. The van der Waals surface area contributed by atoms with Crippen LogP contribution in [0.2, 0.25) is 5.02 Å². The van der Waals surface area contributed by atoms with E-state index in [4.69, 9.17) is 16.3 Å². The van der Waals surface area contributed by atoms with Crippen molar-refractivity contribution in [3.8, 4) is 16.9 Å². The van der Waals surface area contributed by atoms with E-state index in [1.807, 2.05) is 37.3 Å². The minimum atomic E-state index is -0.346. The summed E-state index contributed by atoms with van der Waals surface area (Å²) in [6.07, 6.45) is 5.71. The summed E-state index contributed by atoms with van der Waals surface area (Å²) in [4.78, 5) is 19.8. The zero-order chi connectivity index (χ0) is 25.9. The number of hydrogen-bond donors (Lipinski definition) is 2. The first kappa shape index (κ1) is 25.6. The van der Waals surface area contributed by atoms with Crippen LogP contribution in [0.1, 0.15) is 35.3 Å². The largest absolute Gasteiger partial charge is 0.493 e. The number of amides is 1. The molecule has 0 bridgehead atoms. The minimum absolute atomic E-state index is 0.168. The smallest absolute Gasteiger partial charge is 0.254 e. The highest BCUT2D eigenvalue weighted by atomic mass is 35.5. The van der Waals surface area contributed by atoms with Gasteiger partial charge in [0.1, 0.15) is 12.3 Å². The zero-order valence-electron chi connectivity index (χ0n) is 20.9. The average Bonchev–Trinajstić information content (AvgIpc) is 3.33. The van der Waals surface area contributed by atoms with Gasteiger partial charge in [0.05, 0.1) is 38.5 Å². The third-order valence-corrected chi connectivity index (χ3v) is 6.38. The highest BCUT2D eigenvalue weighted by Crippen LogP contribution is 2.34.